The Morgan fingerprint density at radius 2 is 1.67 bits per heavy atom. The molecule has 1 aliphatic heterocycles. The number of halogens is 9. The molecule has 204 valence electrons. The Balaban J connectivity index is 0.00000648. The predicted octanol–water partition coefficient (Wildman–Crippen LogP) is 7.36. The van der Waals surface area contributed by atoms with Gasteiger partial charge in [0, 0.05) is 30.8 Å². The van der Waals surface area contributed by atoms with Crippen molar-refractivity contribution in [2.45, 2.75) is 76.8 Å². The third-order valence-corrected chi connectivity index (χ3v) is 5.67. The van der Waals surface area contributed by atoms with Gasteiger partial charge in [0.25, 0.3) is 5.92 Å². The minimum Gasteiger partial charge on any atom is -0.481 e. The Bertz CT molecular complexity index is 943. The highest BCUT2D eigenvalue weighted by atomic mass is 35.5. The lowest BCUT2D eigenvalue weighted by molar-refractivity contribution is -0.163. The fraction of sp³-hybridized carbons (Fsp3) is 0.625. The summed E-state index contributed by atoms with van der Waals surface area (Å²) in [6.45, 7) is 4.74. The Labute approximate surface area is 210 Å². The zero-order valence-electron chi connectivity index (χ0n) is 19.8. The second-order valence-corrected chi connectivity index (χ2v) is 9.71. The van der Waals surface area contributed by atoms with Crippen LogP contribution in [0.1, 0.15) is 63.6 Å². The van der Waals surface area contributed by atoms with E-state index in [1.807, 2.05) is 0 Å². The van der Waals surface area contributed by atoms with E-state index in [0.29, 0.717) is 12.1 Å². The number of aliphatic carboxylic acids is 1. The molecule has 12 heteroatoms. The number of carbonyl (C=O) groups is 1. The highest BCUT2D eigenvalue weighted by Gasteiger charge is 2.52. The van der Waals surface area contributed by atoms with Gasteiger partial charge in [-0.1, -0.05) is 24.0 Å². The minimum absolute atomic E-state index is 0. The van der Waals surface area contributed by atoms with Crippen molar-refractivity contribution >= 4 is 18.4 Å². The van der Waals surface area contributed by atoms with Gasteiger partial charge in [0.15, 0.2) is 0 Å². The third kappa shape index (κ3) is 9.11. The zero-order chi connectivity index (χ0) is 26.8. The van der Waals surface area contributed by atoms with E-state index in [-0.39, 0.29) is 18.0 Å². The summed E-state index contributed by atoms with van der Waals surface area (Å²) in [6, 6.07) is 0.678. The van der Waals surface area contributed by atoms with Crippen LogP contribution in [0.15, 0.2) is 24.3 Å². The highest BCUT2D eigenvalue weighted by Crippen LogP contribution is 2.48. The topological polar surface area (TPSA) is 40.5 Å². The van der Waals surface area contributed by atoms with Crippen LogP contribution in [0.25, 0.3) is 0 Å². The smallest absolute Gasteiger partial charge is 0.416 e. The predicted molar refractivity (Wildman–Crippen MR) is 120 cm³/mol. The first-order chi connectivity index (χ1) is 15.8. The molecule has 36 heavy (non-hydrogen) atoms. The van der Waals surface area contributed by atoms with E-state index in [1.165, 1.54) is 4.90 Å². The molecule has 0 radical (unpaired) electrons. The molecule has 1 heterocycles. The normalized spacial score (nSPS) is 21.6. The maximum Gasteiger partial charge on any atom is 0.416 e. The van der Waals surface area contributed by atoms with Crippen LogP contribution in [0, 0.1) is 23.2 Å². The van der Waals surface area contributed by atoms with Crippen molar-refractivity contribution in [2.24, 2.45) is 11.3 Å². The van der Waals surface area contributed by atoms with E-state index < -0.39 is 85.5 Å². The first-order valence-electron chi connectivity index (χ1n) is 10.9. The van der Waals surface area contributed by atoms with Crippen LogP contribution in [0.3, 0.4) is 0 Å². The molecular weight excluding hydrogens is 522 g/mol. The van der Waals surface area contributed by atoms with Gasteiger partial charge in [0.1, 0.15) is 0 Å². The van der Waals surface area contributed by atoms with Gasteiger partial charge in [-0.25, -0.2) is 8.78 Å². The number of nitrogens with zero attached hydrogens (tertiary/aromatic N) is 1. The van der Waals surface area contributed by atoms with Gasteiger partial charge in [-0.15, -0.1) is 12.4 Å². The van der Waals surface area contributed by atoms with Crippen molar-refractivity contribution < 1.29 is 45.0 Å². The number of alkyl halides is 8. The van der Waals surface area contributed by atoms with Crippen molar-refractivity contribution in [2.75, 3.05) is 6.54 Å². The molecule has 1 aliphatic rings. The molecule has 1 N–H and O–H groups in total. The molecule has 0 aliphatic carbocycles. The lowest BCUT2D eigenvalue weighted by atomic mass is 9.78. The monoisotopic (exact) mass is 549 g/mol. The number of piperidine rings is 1. The second-order valence-electron chi connectivity index (χ2n) is 9.71. The summed E-state index contributed by atoms with van der Waals surface area (Å²) in [5, 5.41) is 9.28. The van der Waals surface area contributed by atoms with Gasteiger partial charge in [-0.2, -0.15) is 26.3 Å². The first-order valence-corrected chi connectivity index (χ1v) is 10.9. The maximum absolute atomic E-state index is 14.9. The quantitative estimate of drug-likeness (QED) is 0.298. The lowest BCUT2D eigenvalue weighted by Crippen LogP contribution is -2.53. The van der Waals surface area contributed by atoms with Crippen LogP contribution in [0.4, 0.5) is 35.1 Å². The van der Waals surface area contributed by atoms with E-state index in [9.17, 15) is 45.0 Å². The van der Waals surface area contributed by atoms with Crippen LogP contribution in [0.5, 0.6) is 0 Å². The molecule has 1 fully saturated rings. The molecular formula is C24H28ClF8NO2. The van der Waals surface area contributed by atoms with E-state index in [1.54, 1.807) is 20.8 Å². The molecule has 0 amide bonds. The summed E-state index contributed by atoms with van der Waals surface area (Å²) in [7, 11) is 0. The molecule has 3 nitrogen and oxygen atoms in total. The molecule has 3 atom stereocenters. The number of hydrogen-bond donors (Lipinski definition) is 1. The lowest BCUT2D eigenvalue weighted by Gasteiger charge is -2.47. The van der Waals surface area contributed by atoms with Gasteiger partial charge < -0.3 is 5.11 Å². The average Bonchev–Trinajstić information content (AvgIpc) is 2.67. The fourth-order valence-electron chi connectivity index (χ4n) is 4.08. The molecule has 1 aromatic rings. The number of hydrogen-bond acceptors (Lipinski definition) is 2. The largest absolute Gasteiger partial charge is 0.481 e. The van der Waals surface area contributed by atoms with Crippen LogP contribution in [0.2, 0.25) is 0 Å². The minimum atomic E-state index is -4.69. The van der Waals surface area contributed by atoms with Gasteiger partial charge in [-0.05, 0) is 44.9 Å². The van der Waals surface area contributed by atoms with E-state index >= 15 is 0 Å². The van der Waals surface area contributed by atoms with Crippen molar-refractivity contribution in [1.82, 2.24) is 4.90 Å². The van der Waals surface area contributed by atoms with E-state index in [0.717, 1.165) is 12.1 Å². The van der Waals surface area contributed by atoms with Crippen molar-refractivity contribution in [3.63, 3.8) is 0 Å². The Hall–Kier alpha value is -2.06. The van der Waals surface area contributed by atoms with E-state index in [2.05, 4.69) is 11.8 Å². The Morgan fingerprint density at radius 3 is 2.11 bits per heavy atom. The number of carboxylic acids is 1. The molecule has 1 unspecified atom stereocenters. The summed E-state index contributed by atoms with van der Waals surface area (Å²) in [5.41, 5.74) is -1.70. The van der Waals surface area contributed by atoms with Crippen molar-refractivity contribution in [1.29, 1.82) is 0 Å². The summed E-state index contributed by atoms with van der Waals surface area (Å²) >= 11 is 0. The van der Waals surface area contributed by atoms with Gasteiger partial charge in [0.2, 0.25) is 0 Å². The van der Waals surface area contributed by atoms with Gasteiger partial charge in [0.05, 0.1) is 23.9 Å². The molecule has 0 bridgehead atoms. The average molecular weight is 550 g/mol. The van der Waals surface area contributed by atoms with Crippen LogP contribution >= 0.6 is 12.4 Å². The Morgan fingerprint density at radius 1 is 1.11 bits per heavy atom. The second kappa shape index (κ2) is 11.5. The van der Waals surface area contributed by atoms with Gasteiger partial charge >= 0.3 is 18.3 Å². The molecule has 2 rings (SSSR count). The number of rotatable bonds is 6. The summed E-state index contributed by atoms with van der Waals surface area (Å²) in [6.07, 6.45) is -12.9. The summed E-state index contributed by atoms with van der Waals surface area (Å²) < 4.78 is 108. The first kappa shape index (κ1) is 32.0. The Kier molecular flexibility index (Phi) is 10.3. The molecule has 0 saturated carbocycles. The zero-order valence-corrected chi connectivity index (χ0v) is 20.6. The number of carboxylic acid groups (broad SMARTS) is 1. The van der Waals surface area contributed by atoms with E-state index in [4.69, 9.17) is 0 Å². The SMILES string of the molecule is CC(C)(C)C#CC(CCC(F)(F)F)N1CCC(F)(F)[C@H](CC(=O)O)[C@H]1c1ccc(C(F)(F)F)cc1.Cl. The van der Waals surface area contributed by atoms with Crippen molar-refractivity contribution in [3.05, 3.63) is 35.4 Å². The fourth-order valence-corrected chi connectivity index (χ4v) is 4.08. The van der Waals surface area contributed by atoms with Crippen LogP contribution in [-0.2, 0) is 11.0 Å². The van der Waals surface area contributed by atoms with Gasteiger partial charge in [-0.3, -0.25) is 9.69 Å². The molecule has 1 aromatic carbocycles. The van der Waals surface area contributed by atoms with Crippen LogP contribution < -0.4 is 0 Å². The number of likely N-dealkylation sites (tertiary alicyclic amines) is 1. The summed E-state index contributed by atoms with van der Waals surface area (Å²) in [5.74, 6) is -1.38. The maximum atomic E-state index is 14.9. The summed E-state index contributed by atoms with van der Waals surface area (Å²) in [4.78, 5) is 12.7. The highest BCUT2D eigenvalue weighted by molar-refractivity contribution is 5.85. The van der Waals surface area contributed by atoms with Crippen molar-refractivity contribution in [3.8, 4) is 11.8 Å². The molecule has 0 spiro atoms. The molecule has 0 aromatic heterocycles. The number of benzene rings is 1. The van der Waals surface area contributed by atoms with Crippen LogP contribution in [-0.4, -0.2) is 40.7 Å². The molecule has 1 saturated heterocycles. The standard InChI is InChI=1S/C24H27F8NO2.ClH/c1-21(2,3)10-8-17(9-11-23(27,28)29)33-13-12-22(25,26)18(14-19(34)35)20(33)15-4-6-16(7-5-15)24(30,31)32;/h4-7,17-18,20H,9,11-14H2,1-3H3,(H,34,35);1H/t17?,18-,20-;/m1./s1. The third-order valence-electron chi connectivity index (χ3n) is 5.67.